The van der Waals surface area contributed by atoms with Crippen molar-refractivity contribution in [3.8, 4) is 0 Å². The minimum Gasteiger partial charge on any atom is -0.330 e. The molecule has 0 saturated carbocycles. The number of carbonyl (C=O) groups is 2. The minimum absolute atomic E-state index is 0. The summed E-state index contributed by atoms with van der Waals surface area (Å²) in [4.78, 5) is 26.7. The maximum Gasteiger partial charge on any atom is 0.324 e. The first kappa shape index (κ1) is 17.7. The van der Waals surface area contributed by atoms with Crippen LogP contribution in [0.5, 0.6) is 0 Å². The van der Waals surface area contributed by atoms with Crippen LogP contribution in [0.4, 0.5) is 4.79 Å². The van der Waals surface area contributed by atoms with E-state index in [9.17, 15) is 9.59 Å². The van der Waals surface area contributed by atoms with E-state index in [0.29, 0.717) is 31.5 Å². The molecule has 3 rings (SSSR count). The van der Waals surface area contributed by atoms with Gasteiger partial charge in [-0.25, -0.2) is 4.79 Å². The molecule has 126 valence electrons. The van der Waals surface area contributed by atoms with Crippen LogP contribution in [0.1, 0.15) is 11.5 Å². The van der Waals surface area contributed by atoms with E-state index in [1.54, 1.807) is 0 Å². The zero-order valence-corrected chi connectivity index (χ0v) is 13.8. The van der Waals surface area contributed by atoms with Gasteiger partial charge in [0.2, 0.25) is 5.91 Å². The van der Waals surface area contributed by atoms with E-state index < -0.39 is 0 Å². The predicted octanol–water partition coefficient (Wildman–Crippen LogP) is 0.634. The third kappa shape index (κ3) is 3.83. The Hall–Kier alpha value is -1.63. The molecule has 3 amide bonds. The zero-order chi connectivity index (χ0) is 15.5. The van der Waals surface area contributed by atoms with Crippen molar-refractivity contribution in [2.45, 2.75) is 5.92 Å². The molecule has 0 radical (unpaired) electrons. The van der Waals surface area contributed by atoms with E-state index in [0.717, 1.165) is 13.1 Å². The molecule has 2 aliphatic heterocycles. The second-order valence-electron chi connectivity index (χ2n) is 5.98. The summed E-state index contributed by atoms with van der Waals surface area (Å²) in [5.41, 5.74) is 7.25. The van der Waals surface area contributed by atoms with E-state index in [1.807, 2.05) is 6.07 Å². The van der Waals surface area contributed by atoms with E-state index in [1.165, 1.54) is 10.5 Å². The Balaban J connectivity index is 0.00000192. The van der Waals surface area contributed by atoms with Gasteiger partial charge >= 0.3 is 6.03 Å². The van der Waals surface area contributed by atoms with Gasteiger partial charge in [-0.05, 0) is 18.0 Å². The number of nitrogens with zero attached hydrogens (tertiary/aromatic N) is 2. The smallest absolute Gasteiger partial charge is 0.324 e. The molecule has 0 bridgehead atoms. The molecule has 2 aliphatic rings. The fourth-order valence-corrected chi connectivity index (χ4v) is 3.38. The van der Waals surface area contributed by atoms with Gasteiger partial charge in [0.1, 0.15) is 0 Å². The fourth-order valence-electron chi connectivity index (χ4n) is 3.38. The second-order valence-corrected chi connectivity index (χ2v) is 5.98. The van der Waals surface area contributed by atoms with Crippen molar-refractivity contribution in [3.05, 3.63) is 35.9 Å². The normalized spacial score (nSPS) is 24.7. The van der Waals surface area contributed by atoms with Crippen LogP contribution in [0, 0.1) is 5.92 Å². The number of amides is 3. The molecule has 2 heterocycles. The van der Waals surface area contributed by atoms with Crippen molar-refractivity contribution >= 4 is 24.3 Å². The highest BCUT2D eigenvalue weighted by Gasteiger charge is 2.34. The van der Waals surface area contributed by atoms with Gasteiger partial charge in [-0.1, -0.05) is 30.3 Å². The molecular formula is C16H23ClN4O2. The second kappa shape index (κ2) is 7.77. The molecule has 2 fully saturated rings. The predicted molar refractivity (Wildman–Crippen MR) is 90.5 cm³/mol. The van der Waals surface area contributed by atoms with Crippen LogP contribution in [0.25, 0.3) is 0 Å². The quantitative estimate of drug-likeness (QED) is 0.772. The van der Waals surface area contributed by atoms with Gasteiger partial charge in [-0.2, -0.15) is 0 Å². The highest BCUT2D eigenvalue weighted by molar-refractivity contribution is 6.01. The number of benzene rings is 1. The standard InChI is InChI=1S/C16H22N4O2.ClH/c17-8-13-10-19(6-7-20-15(21)9-18-16(20)22)11-14(13)12-4-2-1-3-5-12;/h1-5,13-14H,6-11,17H2,(H,18,22);1H/t13-,14+;/m1./s1. The first-order valence-electron chi connectivity index (χ1n) is 7.74. The van der Waals surface area contributed by atoms with Crippen LogP contribution in [-0.4, -0.2) is 61.0 Å². The van der Waals surface area contributed by atoms with Gasteiger partial charge in [-0.3, -0.25) is 9.69 Å². The summed E-state index contributed by atoms with van der Waals surface area (Å²) in [5.74, 6) is 0.707. The van der Waals surface area contributed by atoms with Crippen LogP contribution in [0.3, 0.4) is 0 Å². The first-order chi connectivity index (χ1) is 10.7. The average molecular weight is 339 g/mol. The molecule has 2 atom stereocenters. The van der Waals surface area contributed by atoms with Crippen molar-refractivity contribution in [1.29, 1.82) is 0 Å². The summed E-state index contributed by atoms with van der Waals surface area (Å²) in [6.07, 6.45) is 0. The third-order valence-corrected chi connectivity index (χ3v) is 4.62. The molecule has 0 spiro atoms. The highest BCUT2D eigenvalue weighted by Crippen LogP contribution is 2.31. The number of imide groups is 1. The molecule has 2 saturated heterocycles. The SMILES string of the molecule is Cl.NC[C@@H]1CN(CCN2C(=O)CNC2=O)C[C@H]1c1ccccc1. The lowest BCUT2D eigenvalue weighted by Gasteiger charge is -2.19. The Labute approximate surface area is 142 Å². The minimum atomic E-state index is -0.279. The molecule has 7 heteroatoms. The summed E-state index contributed by atoms with van der Waals surface area (Å²) in [6, 6.07) is 10.1. The molecule has 1 aromatic rings. The lowest BCUT2D eigenvalue weighted by Crippen LogP contribution is -2.38. The Kier molecular flexibility index (Phi) is 5.98. The molecule has 0 aromatic heterocycles. The van der Waals surface area contributed by atoms with Crippen LogP contribution < -0.4 is 11.1 Å². The topological polar surface area (TPSA) is 78.7 Å². The lowest BCUT2D eigenvalue weighted by molar-refractivity contribution is -0.125. The summed E-state index contributed by atoms with van der Waals surface area (Å²) in [7, 11) is 0. The molecule has 1 aromatic carbocycles. The van der Waals surface area contributed by atoms with Crippen molar-refractivity contribution in [2.75, 3.05) is 39.3 Å². The van der Waals surface area contributed by atoms with E-state index >= 15 is 0 Å². The Morgan fingerprint density at radius 2 is 1.87 bits per heavy atom. The maximum absolute atomic E-state index is 11.6. The van der Waals surface area contributed by atoms with Crippen molar-refractivity contribution < 1.29 is 9.59 Å². The van der Waals surface area contributed by atoms with Gasteiger partial charge in [0.15, 0.2) is 0 Å². The number of hydrogen-bond donors (Lipinski definition) is 2. The number of nitrogens with two attached hydrogens (primary N) is 1. The largest absolute Gasteiger partial charge is 0.330 e. The number of halogens is 1. The van der Waals surface area contributed by atoms with Gasteiger partial charge in [0, 0.05) is 32.1 Å². The first-order valence-corrected chi connectivity index (χ1v) is 7.74. The molecule has 3 N–H and O–H groups in total. The number of nitrogens with one attached hydrogen (secondary N) is 1. The van der Waals surface area contributed by atoms with Crippen molar-refractivity contribution in [3.63, 3.8) is 0 Å². The van der Waals surface area contributed by atoms with E-state index in [4.69, 9.17) is 5.73 Å². The number of carbonyl (C=O) groups excluding carboxylic acids is 2. The fraction of sp³-hybridized carbons (Fsp3) is 0.500. The van der Waals surface area contributed by atoms with E-state index in [2.05, 4.69) is 34.5 Å². The molecule has 0 unspecified atom stereocenters. The zero-order valence-electron chi connectivity index (χ0n) is 13.0. The summed E-state index contributed by atoms with van der Waals surface area (Å²) in [6.45, 7) is 3.77. The average Bonchev–Trinajstić information content (AvgIpc) is 3.10. The Morgan fingerprint density at radius 3 is 2.48 bits per heavy atom. The third-order valence-electron chi connectivity index (χ3n) is 4.62. The van der Waals surface area contributed by atoms with Crippen molar-refractivity contribution in [1.82, 2.24) is 15.1 Å². The van der Waals surface area contributed by atoms with Crippen LogP contribution in [0.2, 0.25) is 0 Å². The maximum atomic E-state index is 11.6. The van der Waals surface area contributed by atoms with Gasteiger partial charge in [0.05, 0.1) is 6.54 Å². The monoisotopic (exact) mass is 338 g/mol. The number of rotatable bonds is 5. The molecule has 0 aliphatic carbocycles. The van der Waals surface area contributed by atoms with Gasteiger partial charge in [-0.15, -0.1) is 12.4 Å². The summed E-state index contributed by atoms with van der Waals surface area (Å²) < 4.78 is 0. The van der Waals surface area contributed by atoms with Crippen LogP contribution in [0.15, 0.2) is 30.3 Å². The Bertz CT molecular complexity index is 538. The summed E-state index contributed by atoms with van der Waals surface area (Å²) in [5, 5.41) is 2.55. The van der Waals surface area contributed by atoms with Crippen LogP contribution in [-0.2, 0) is 4.79 Å². The van der Waals surface area contributed by atoms with Crippen molar-refractivity contribution in [2.24, 2.45) is 11.7 Å². The van der Waals surface area contributed by atoms with Crippen LogP contribution >= 0.6 is 12.4 Å². The number of urea groups is 1. The lowest BCUT2D eigenvalue weighted by atomic mass is 9.89. The number of hydrogen-bond acceptors (Lipinski definition) is 4. The molecule has 6 nitrogen and oxygen atoms in total. The summed E-state index contributed by atoms with van der Waals surface area (Å²) >= 11 is 0. The number of likely N-dealkylation sites (tertiary alicyclic amines) is 1. The highest BCUT2D eigenvalue weighted by atomic mass is 35.5. The Morgan fingerprint density at radius 1 is 1.13 bits per heavy atom. The van der Waals surface area contributed by atoms with Gasteiger partial charge < -0.3 is 16.0 Å². The van der Waals surface area contributed by atoms with Gasteiger partial charge in [0.25, 0.3) is 0 Å². The molecule has 23 heavy (non-hydrogen) atoms. The van der Waals surface area contributed by atoms with E-state index in [-0.39, 0.29) is 30.9 Å². The molecular weight excluding hydrogens is 316 g/mol.